The molecular weight excluding hydrogens is 402 g/mol. The Morgan fingerprint density at radius 1 is 1.10 bits per heavy atom. The van der Waals surface area contributed by atoms with Crippen LogP contribution in [0.25, 0.3) is 0 Å². The number of aryl methyl sites for hydroxylation is 1. The molecule has 0 saturated carbocycles. The minimum absolute atomic E-state index is 0.136. The molecule has 156 valence electrons. The predicted molar refractivity (Wildman–Crippen MR) is 116 cm³/mol. The molecule has 0 radical (unpaired) electrons. The number of amides is 2. The van der Waals surface area contributed by atoms with Crippen molar-refractivity contribution in [1.29, 1.82) is 0 Å². The number of thioether (sulfide) groups is 1. The Hall–Kier alpha value is -3.33. The van der Waals surface area contributed by atoms with Crippen LogP contribution in [0.1, 0.15) is 28.7 Å². The van der Waals surface area contributed by atoms with E-state index in [0.29, 0.717) is 22.3 Å². The molecule has 2 amide bonds. The summed E-state index contributed by atoms with van der Waals surface area (Å²) in [7, 11) is 1.57. The average Bonchev–Trinajstić information content (AvgIpc) is 3.24. The monoisotopic (exact) mass is 425 g/mol. The van der Waals surface area contributed by atoms with Crippen molar-refractivity contribution in [2.75, 3.05) is 18.2 Å². The van der Waals surface area contributed by atoms with Gasteiger partial charge >= 0.3 is 0 Å². The summed E-state index contributed by atoms with van der Waals surface area (Å²) in [6.45, 7) is 2.29. The van der Waals surface area contributed by atoms with Gasteiger partial charge in [0.1, 0.15) is 11.6 Å². The SMILES string of the molecule is CCc1ccc(NC(=O)CSc2n[nH]c(CNC(=O)c3ccc(OC)cc3)n2)cc1. The second kappa shape index (κ2) is 10.4. The molecule has 0 aliphatic heterocycles. The van der Waals surface area contributed by atoms with Crippen LogP contribution in [0.15, 0.2) is 53.7 Å². The first kappa shape index (κ1) is 21.4. The van der Waals surface area contributed by atoms with Crippen molar-refractivity contribution in [3.63, 3.8) is 0 Å². The van der Waals surface area contributed by atoms with Gasteiger partial charge in [0.15, 0.2) is 0 Å². The first-order chi connectivity index (χ1) is 14.6. The predicted octanol–water partition coefficient (Wildman–Crippen LogP) is 3.04. The largest absolute Gasteiger partial charge is 0.497 e. The zero-order valence-corrected chi connectivity index (χ0v) is 17.6. The molecule has 0 aliphatic carbocycles. The lowest BCUT2D eigenvalue weighted by molar-refractivity contribution is -0.113. The normalized spacial score (nSPS) is 10.5. The number of nitrogens with one attached hydrogen (secondary N) is 3. The van der Waals surface area contributed by atoms with Crippen molar-refractivity contribution < 1.29 is 14.3 Å². The van der Waals surface area contributed by atoms with Crippen LogP contribution in [0, 0.1) is 0 Å². The van der Waals surface area contributed by atoms with Gasteiger partial charge in [-0.25, -0.2) is 4.98 Å². The third-order valence-corrected chi connectivity index (χ3v) is 5.11. The number of benzene rings is 2. The van der Waals surface area contributed by atoms with Gasteiger partial charge in [-0.1, -0.05) is 30.8 Å². The van der Waals surface area contributed by atoms with E-state index in [1.165, 1.54) is 17.3 Å². The fourth-order valence-corrected chi connectivity index (χ4v) is 3.20. The van der Waals surface area contributed by atoms with Gasteiger partial charge in [0.25, 0.3) is 5.91 Å². The Balaban J connectivity index is 1.43. The number of methoxy groups -OCH3 is 1. The number of carbonyl (C=O) groups is 2. The summed E-state index contributed by atoms with van der Waals surface area (Å²) < 4.78 is 5.08. The Bertz CT molecular complexity index is 987. The van der Waals surface area contributed by atoms with Gasteiger partial charge in [-0.3, -0.25) is 14.7 Å². The molecule has 1 heterocycles. The van der Waals surface area contributed by atoms with Gasteiger partial charge in [0, 0.05) is 11.3 Å². The van der Waals surface area contributed by atoms with Crippen LogP contribution in [-0.4, -0.2) is 39.9 Å². The van der Waals surface area contributed by atoms with Crippen LogP contribution < -0.4 is 15.4 Å². The molecule has 0 aliphatic rings. The van der Waals surface area contributed by atoms with Crippen molar-refractivity contribution in [3.05, 3.63) is 65.5 Å². The van der Waals surface area contributed by atoms with Crippen LogP contribution in [0.2, 0.25) is 0 Å². The highest BCUT2D eigenvalue weighted by Crippen LogP contribution is 2.15. The zero-order valence-electron chi connectivity index (χ0n) is 16.8. The van der Waals surface area contributed by atoms with E-state index >= 15 is 0 Å². The highest BCUT2D eigenvalue weighted by molar-refractivity contribution is 7.99. The summed E-state index contributed by atoms with van der Waals surface area (Å²) in [5, 5.41) is 12.9. The number of aromatic amines is 1. The molecule has 3 N–H and O–H groups in total. The minimum atomic E-state index is -0.225. The quantitative estimate of drug-likeness (QED) is 0.455. The number of carbonyl (C=O) groups excluding carboxylic acids is 2. The van der Waals surface area contributed by atoms with E-state index in [2.05, 4.69) is 32.7 Å². The van der Waals surface area contributed by atoms with Crippen LogP contribution in [0.5, 0.6) is 5.75 Å². The zero-order chi connectivity index (χ0) is 21.3. The third kappa shape index (κ3) is 6.08. The van der Waals surface area contributed by atoms with Gasteiger partial charge < -0.3 is 15.4 Å². The summed E-state index contributed by atoms with van der Waals surface area (Å²) in [5.41, 5.74) is 2.50. The first-order valence-electron chi connectivity index (χ1n) is 9.42. The third-order valence-electron chi connectivity index (χ3n) is 4.26. The van der Waals surface area contributed by atoms with Crippen LogP contribution in [0.3, 0.4) is 0 Å². The van der Waals surface area contributed by atoms with Crippen LogP contribution in [0.4, 0.5) is 5.69 Å². The average molecular weight is 426 g/mol. The molecular formula is C21H23N5O3S. The Morgan fingerprint density at radius 3 is 2.50 bits per heavy atom. The van der Waals surface area contributed by atoms with E-state index in [1.807, 2.05) is 24.3 Å². The number of aromatic nitrogens is 3. The molecule has 0 fully saturated rings. The van der Waals surface area contributed by atoms with E-state index in [1.54, 1.807) is 31.4 Å². The molecule has 0 spiro atoms. The topological polar surface area (TPSA) is 109 Å². The molecule has 0 unspecified atom stereocenters. The van der Waals surface area contributed by atoms with Gasteiger partial charge in [-0.15, -0.1) is 5.10 Å². The van der Waals surface area contributed by atoms with E-state index in [-0.39, 0.29) is 24.1 Å². The van der Waals surface area contributed by atoms with Crippen LogP contribution >= 0.6 is 11.8 Å². The van der Waals surface area contributed by atoms with Gasteiger partial charge in [-0.2, -0.15) is 0 Å². The lowest BCUT2D eigenvalue weighted by Crippen LogP contribution is -2.23. The fourth-order valence-electron chi connectivity index (χ4n) is 2.58. The molecule has 2 aromatic carbocycles. The number of nitrogens with zero attached hydrogens (tertiary/aromatic N) is 2. The highest BCUT2D eigenvalue weighted by Gasteiger charge is 2.10. The lowest BCUT2D eigenvalue weighted by atomic mass is 10.1. The standard InChI is InChI=1S/C21H23N5O3S/c1-3-14-4-8-16(9-5-14)23-19(27)13-30-21-24-18(25-26-21)12-22-20(28)15-6-10-17(29-2)11-7-15/h4-11H,3,12-13H2,1-2H3,(H,22,28)(H,23,27)(H,24,25,26). The van der Waals surface area contributed by atoms with E-state index in [9.17, 15) is 9.59 Å². The number of anilines is 1. The molecule has 30 heavy (non-hydrogen) atoms. The van der Waals surface area contributed by atoms with Crippen molar-refractivity contribution in [2.45, 2.75) is 25.0 Å². The maximum atomic E-state index is 12.2. The Labute approximate surface area is 178 Å². The van der Waals surface area contributed by atoms with E-state index < -0.39 is 0 Å². The van der Waals surface area contributed by atoms with Crippen molar-refractivity contribution in [1.82, 2.24) is 20.5 Å². The lowest BCUT2D eigenvalue weighted by Gasteiger charge is -2.05. The van der Waals surface area contributed by atoms with Crippen molar-refractivity contribution >= 4 is 29.3 Å². The Morgan fingerprint density at radius 2 is 1.83 bits per heavy atom. The summed E-state index contributed by atoms with van der Waals surface area (Å²) in [4.78, 5) is 28.6. The maximum Gasteiger partial charge on any atom is 0.251 e. The molecule has 0 saturated heterocycles. The fraction of sp³-hybridized carbons (Fsp3) is 0.238. The number of hydrogen-bond donors (Lipinski definition) is 3. The maximum absolute atomic E-state index is 12.2. The summed E-state index contributed by atoms with van der Waals surface area (Å²) in [6, 6.07) is 14.6. The van der Waals surface area contributed by atoms with E-state index in [4.69, 9.17) is 4.74 Å². The highest BCUT2D eigenvalue weighted by atomic mass is 32.2. The molecule has 9 heteroatoms. The number of hydrogen-bond acceptors (Lipinski definition) is 6. The molecule has 1 aromatic heterocycles. The second-order valence-electron chi connectivity index (χ2n) is 6.36. The molecule has 0 bridgehead atoms. The summed E-state index contributed by atoms with van der Waals surface area (Å²) in [6.07, 6.45) is 0.956. The van der Waals surface area contributed by atoms with Crippen molar-refractivity contribution in [3.8, 4) is 5.75 Å². The first-order valence-corrected chi connectivity index (χ1v) is 10.4. The van der Waals surface area contributed by atoms with Gasteiger partial charge in [0.2, 0.25) is 11.1 Å². The second-order valence-corrected chi connectivity index (χ2v) is 7.31. The number of rotatable bonds is 9. The molecule has 0 atom stereocenters. The summed E-state index contributed by atoms with van der Waals surface area (Å²) in [5.74, 6) is 1.02. The van der Waals surface area contributed by atoms with Gasteiger partial charge in [0.05, 0.1) is 19.4 Å². The van der Waals surface area contributed by atoms with E-state index in [0.717, 1.165) is 12.1 Å². The number of H-pyrrole nitrogens is 1. The molecule has 8 nitrogen and oxygen atoms in total. The van der Waals surface area contributed by atoms with Gasteiger partial charge in [-0.05, 0) is 48.4 Å². The Kier molecular flexibility index (Phi) is 7.45. The molecule has 3 aromatic rings. The minimum Gasteiger partial charge on any atom is -0.497 e. The van der Waals surface area contributed by atoms with Crippen molar-refractivity contribution in [2.24, 2.45) is 0 Å². The smallest absolute Gasteiger partial charge is 0.251 e. The molecule has 3 rings (SSSR count). The van der Waals surface area contributed by atoms with Crippen LogP contribution in [-0.2, 0) is 17.8 Å². The summed E-state index contributed by atoms with van der Waals surface area (Å²) >= 11 is 1.22. The number of ether oxygens (including phenoxy) is 1.